The van der Waals surface area contributed by atoms with Crippen LogP contribution in [0.4, 0.5) is 0 Å². The third-order valence-electron chi connectivity index (χ3n) is 3.99. The molecule has 0 radical (unpaired) electrons. The molecule has 0 spiro atoms. The molecule has 0 saturated carbocycles. The summed E-state index contributed by atoms with van der Waals surface area (Å²) in [5.74, 6) is -1.31. The van der Waals surface area contributed by atoms with Crippen molar-refractivity contribution in [2.45, 2.75) is 18.4 Å². The summed E-state index contributed by atoms with van der Waals surface area (Å²) in [5.41, 5.74) is -1.05. The van der Waals surface area contributed by atoms with Crippen LogP contribution in [0.2, 0.25) is 0 Å². The number of piperidine rings is 1. The van der Waals surface area contributed by atoms with Crippen molar-refractivity contribution >= 4 is 33.3 Å². The Labute approximate surface area is 125 Å². The predicted molar refractivity (Wildman–Crippen MR) is 79.5 cm³/mol. The predicted octanol–water partition coefficient (Wildman–Crippen LogP) is 1.95. The van der Waals surface area contributed by atoms with Crippen molar-refractivity contribution in [3.63, 3.8) is 0 Å². The fraction of sp³-hybridized carbons (Fsp3) is 0.333. The largest absolute Gasteiger partial charge is 0.479 e. The Morgan fingerprint density at radius 3 is 2.52 bits per heavy atom. The van der Waals surface area contributed by atoms with E-state index in [1.54, 1.807) is 4.90 Å². The van der Waals surface area contributed by atoms with Gasteiger partial charge in [-0.3, -0.25) is 4.79 Å². The summed E-state index contributed by atoms with van der Waals surface area (Å²) >= 11 is 1.52. The van der Waals surface area contributed by atoms with E-state index in [0.717, 1.165) is 10.1 Å². The highest BCUT2D eigenvalue weighted by Gasteiger charge is 2.40. The van der Waals surface area contributed by atoms with Crippen molar-refractivity contribution in [3.8, 4) is 0 Å². The number of carbonyl (C=O) groups excluding carboxylic acids is 1. The first kappa shape index (κ1) is 14.0. The smallest absolute Gasteiger partial charge is 0.335 e. The van der Waals surface area contributed by atoms with Gasteiger partial charge < -0.3 is 15.1 Å². The lowest BCUT2D eigenvalue weighted by molar-refractivity contribution is -0.162. The van der Waals surface area contributed by atoms with Crippen LogP contribution in [0, 0.1) is 0 Å². The first-order valence-electron chi connectivity index (χ1n) is 6.72. The summed E-state index contributed by atoms with van der Waals surface area (Å²) in [4.78, 5) is 25.2. The Kier molecular flexibility index (Phi) is 3.43. The molecule has 5 nitrogen and oxygen atoms in total. The Balaban J connectivity index is 1.80. The maximum absolute atomic E-state index is 12.6. The molecule has 0 unspecified atom stereocenters. The van der Waals surface area contributed by atoms with Crippen LogP contribution in [0.15, 0.2) is 29.6 Å². The van der Waals surface area contributed by atoms with E-state index < -0.39 is 11.6 Å². The Hall–Kier alpha value is -1.92. The number of hydrogen-bond acceptors (Lipinski definition) is 4. The van der Waals surface area contributed by atoms with Gasteiger partial charge in [-0.2, -0.15) is 0 Å². The SMILES string of the molecule is O=C(c1csc2ccccc12)N1CCC(O)(C(=O)O)CC1. The summed E-state index contributed by atoms with van der Waals surface area (Å²) in [6.45, 7) is 0.512. The highest BCUT2D eigenvalue weighted by atomic mass is 32.1. The van der Waals surface area contributed by atoms with Gasteiger partial charge in [0.25, 0.3) is 5.91 Å². The zero-order valence-electron chi connectivity index (χ0n) is 11.3. The number of carboxylic acids is 1. The van der Waals surface area contributed by atoms with E-state index >= 15 is 0 Å². The third kappa shape index (κ3) is 2.41. The Bertz CT molecular complexity index is 701. The summed E-state index contributed by atoms with van der Waals surface area (Å²) < 4.78 is 1.06. The minimum atomic E-state index is -1.70. The average molecular weight is 305 g/mol. The second-order valence-electron chi connectivity index (χ2n) is 5.27. The van der Waals surface area contributed by atoms with Gasteiger partial charge in [-0.25, -0.2) is 4.79 Å². The molecule has 0 bridgehead atoms. The molecule has 0 atom stereocenters. The lowest BCUT2D eigenvalue weighted by Gasteiger charge is -2.35. The van der Waals surface area contributed by atoms with E-state index in [-0.39, 0.29) is 31.8 Å². The fourth-order valence-corrected chi connectivity index (χ4v) is 3.54. The number of nitrogens with zero attached hydrogens (tertiary/aromatic N) is 1. The number of carbonyl (C=O) groups is 2. The van der Waals surface area contributed by atoms with E-state index in [0.29, 0.717) is 5.56 Å². The van der Waals surface area contributed by atoms with Gasteiger partial charge in [0.05, 0.1) is 5.56 Å². The van der Waals surface area contributed by atoms with Gasteiger partial charge in [0, 0.05) is 41.4 Å². The molecule has 1 fully saturated rings. The van der Waals surface area contributed by atoms with Gasteiger partial charge in [0.15, 0.2) is 5.60 Å². The number of thiophene rings is 1. The van der Waals surface area contributed by atoms with Gasteiger partial charge in [0.2, 0.25) is 0 Å². The van der Waals surface area contributed by atoms with Crippen molar-refractivity contribution in [2.24, 2.45) is 0 Å². The lowest BCUT2D eigenvalue weighted by Crippen LogP contribution is -2.50. The van der Waals surface area contributed by atoms with Crippen molar-refractivity contribution < 1.29 is 19.8 Å². The molecule has 2 aromatic rings. The second kappa shape index (κ2) is 5.13. The first-order valence-corrected chi connectivity index (χ1v) is 7.60. The number of aliphatic hydroxyl groups is 1. The number of benzene rings is 1. The monoisotopic (exact) mass is 305 g/mol. The Morgan fingerprint density at radius 1 is 1.19 bits per heavy atom. The van der Waals surface area contributed by atoms with E-state index in [9.17, 15) is 14.7 Å². The van der Waals surface area contributed by atoms with Crippen LogP contribution < -0.4 is 0 Å². The number of amides is 1. The quantitative estimate of drug-likeness (QED) is 0.889. The normalized spacial score (nSPS) is 17.9. The molecule has 1 saturated heterocycles. The summed E-state index contributed by atoms with van der Waals surface area (Å²) in [5, 5.41) is 21.7. The summed E-state index contributed by atoms with van der Waals surface area (Å²) in [6.07, 6.45) is 0.131. The van der Waals surface area contributed by atoms with Crippen LogP contribution in [-0.2, 0) is 4.79 Å². The minimum absolute atomic E-state index is 0.0656. The number of carboxylic acid groups (broad SMARTS) is 1. The Morgan fingerprint density at radius 2 is 1.86 bits per heavy atom. The topological polar surface area (TPSA) is 77.8 Å². The zero-order valence-corrected chi connectivity index (χ0v) is 12.1. The van der Waals surface area contributed by atoms with Crippen LogP contribution in [0.25, 0.3) is 10.1 Å². The van der Waals surface area contributed by atoms with Crippen LogP contribution in [0.3, 0.4) is 0 Å². The van der Waals surface area contributed by atoms with E-state index in [1.807, 2.05) is 29.6 Å². The number of fused-ring (bicyclic) bond motifs is 1. The van der Waals surface area contributed by atoms with Crippen molar-refractivity contribution in [1.29, 1.82) is 0 Å². The average Bonchev–Trinajstić information content (AvgIpc) is 2.91. The van der Waals surface area contributed by atoms with Crippen molar-refractivity contribution in [2.75, 3.05) is 13.1 Å². The molecule has 1 aromatic carbocycles. The fourth-order valence-electron chi connectivity index (χ4n) is 2.61. The standard InChI is InChI=1S/C15H15NO4S/c17-13(11-9-21-12-4-2-1-3-10(11)12)16-7-5-15(20,6-8-16)14(18)19/h1-4,9,20H,5-8H2,(H,18,19). The maximum atomic E-state index is 12.6. The minimum Gasteiger partial charge on any atom is -0.479 e. The number of likely N-dealkylation sites (tertiary alicyclic amines) is 1. The second-order valence-corrected chi connectivity index (χ2v) is 6.19. The molecule has 1 aliphatic rings. The summed E-state index contributed by atoms with van der Waals surface area (Å²) in [6, 6.07) is 7.71. The molecule has 110 valence electrons. The van der Waals surface area contributed by atoms with Crippen LogP contribution in [0.5, 0.6) is 0 Å². The maximum Gasteiger partial charge on any atom is 0.335 e. The molecule has 2 N–H and O–H groups in total. The zero-order chi connectivity index (χ0) is 15.0. The molecule has 21 heavy (non-hydrogen) atoms. The highest BCUT2D eigenvalue weighted by molar-refractivity contribution is 7.17. The molecule has 3 rings (SSSR count). The van der Waals surface area contributed by atoms with Gasteiger partial charge in [0.1, 0.15) is 0 Å². The number of aliphatic carboxylic acids is 1. The number of hydrogen-bond donors (Lipinski definition) is 2. The van der Waals surface area contributed by atoms with Gasteiger partial charge in [-0.1, -0.05) is 18.2 Å². The number of rotatable bonds is 2. The van der Waals surface area contributed by atoms with Crippen LogP contribution in [0.1, 0.15) is 23.2 Å². The molecule has 1 aliphatic heterocycles. The molecule has 2 heterocycles. The third-order valence-corrected chi connectivity index (χ3v) is 4.95. The lowest BCUT2D eigenvalue weighted by atomic mass is 9.91. The highest BCUT2D eigenvalue weighted by Crippen LogP contribution is 2.29. The van der Waals surface area contributed by atoms with Crippen LogP contribution in [-0.4, -0.2) is 45.7 Å². The van der Waals surface area contributed by atoms with Crippen molar-refractivity contribution in [1.82, 2.24) is 4.90 Å². The van der Waals surface area contributed by atoms with Crippen LogP contribution >= 0.6 is 11.3 Å². The van der Waals surface area contributed by atoms with Gasteiger partial charge in [-0.05, 0) is 6.07 Å². The van der Waals surface area contributed by atoms with E-state index in [2.05, 4.69) is 0 Å². The first-order chi connectivity index (χ1) is 10.0. The van der Waals surface area contributed by atoms with Gasteiger partial charge >= 0.3 is 5.97 Å². The summed E-state index contributed by atoms with van der Waals surface area (Å²) in [7, 11) is 0. The van der Waals surface area contributed by atoms with E-state index in [1.165, 1.54) is 11.3 Å². The van der Waals surface area contributed by atoms with Crippen molar-refractivity contribution in [3.05, 3.63) is 35.2 Å². The molecule has 6 heteroatoms. The molecule has 1 aromatic heterocycles. The van der Waals surface area contributed by atoms with Gasteiger partial charge in [-0.15, -0.1) is 11.3 Å². The molecule has 0 aliphatic carbocycles. The molecular formula is C15H15NO4S. The van der Waals surface area contributed by atoms with E-state index in [4.69, 9.17) is 5.11 Å². The molecular weight excluding hydrogens is 290 g/mol. The molecule has 1 amide bonds.